The molecule has 1 aromatic carbocycles. The molecular formula is C12H22N2Si. The van der Waals surface area contributed by atoms with E-state index in [1.807, 2.05) is 6.07 Å². The highest BCUT2D eigenvalue weighted by atomic mass is 28.3. The minimum absolute atomic E-state index is 1.04. The first kappa shape index (κ1) is 12.3. The molecule has 0 saturated heterocycles. The van der Waals surface area contributed by atoms with E-state index in [9.17, 15) is 0 Å². The molecule has 0 radical (unpaired) electrons. The van der Waals surface area contributed by atoms with Crippen LogP contribution in [-0.2, 0) is 0 Å². The van der Waals surface area contributed by atoms with Crippen LogP contribution in [0.15, 0.2) is 30.3 Å². The third-order valence-electron chi connectivity index (χ3n) is 2.11. The molecule has 0 fully saturated rings. The fraction of sp³-hybridized carbons (Fsp3) is 0.500. The molecule has 1 aromatic rings. The van der Waals surface area contributed by atoms with E-state index in [0.29, 0.717) is 0 Å². The van der Waals surface area contributed by atoms with Crippen LogP contribution in [0.3, 0.4) is 0 Å². The molecule has 0 atom stereocenters. The Morgan fingerprint density at radius 1 is 1.00 bits per heavy atom. The molecule has 2 N–H and O–H groups in total. The third kappa shape index (κ3) is 6.31. The fourth-order valence-corrected chi connectivity index (χ4v) is 2.27. The van der Waals surface area contributed by atoms with E-state index in [1.165, 1.54) is 12.1 Å². The van der Waals surface area contributed by atoms with Crippen molar-refractivity contribution >= 4 is 13.9 Å². The molecule has 15 heavy (non-hydrogen) atoms. The lowest BCUT2D eigenvalue weighted by atomic mass is 10.3. The summed E-state index contributed by atoms with van der Waals surface area (Å²) in [6.45, 7) is 9.16. The molecule has 84 valence electrons. The average Bonchev–Trinajstić information content (AvgIpc) is 2.17. The third-order valence-corrected chi connectivity index (χ3v) is 3.42. The molecule has 0 saturated carbocycles. The number of nitrogens with one attached hydrogen (secondary N) is 2. The van der Waals surface area contributed by atoms with Crippen LogP contribution in [0.25, 0.3) is 0 Å². The Labute approximate surface area is 94.2 Å². The van der Waals surface area contributed by atoms with Crippen LogP contribution >= 0.6 is 0 Å². The minimum Gasteiger partial charge on any atom is -0.385 e. The molecular weight excluding hydrogens is 200 g/mol. The van der Waals surface area contributed by atoms with Gasteiger partial charge in [-0.25, -0.2) is 0 Å². The van der Waals surface area contributed by atoms with Crippen molar-refractivity contribution in [3.05, 3.63) is 30.3 Å². The average molecular weight is 222 g/mol. The summed E-state index contributed by atoms with van der Waals surface area (Å²) >= 11 is 0. The van der Waals surface area contributed by atoms with Gasteiger partial charge in [0.2, 0.25) is 0 Å². The van der Waals surface area contributed by atoms with E-state index >= 15 is 0 Å². The Morgan fingerprint density at radius 2 is 1.67 bits per heavy atom. The predicted octanol–water partition coefficient (Wildman–Crippen LogP) is 2.91. The summed E-state index contributed by atoms with van der Waals surface area (Å²) in [7, 11) is -1.06. The Kier molecular flexibility index (Phi) is 4.85. The van der Waals surface area contributed by atoms with Gasteiger partial charge >= 0.3 is 0 Å². The maximum atomic E-state index is 3.61. The molecule has 0 spiro atoms. The van der Waals surface area contributed by atoms with Gasteiger partial charge in [-0.2, -0.15) is 0 Å². The lowest BCUT2D eigenvalue weighted by Gasteiger charge is -2.17. The molecule has 0 heterocycles. The van der Waals surface area contributed by atoms with Crippen molar-refractivity contribution in [3.8, 4) is 0 Å². The van der Waals surface area contributed by atoms with Crippen molar-refractivity contribution in [2.24, 2.45) is 0 Å². The van der Waals surface area contributed by atoms with E-state index in [-0.39, 0.29) is 0 Å². The summed E-state index contributed by atoms with van der Waals surface area (Å²) in [6, 6.07) is 10.4. The molecule has 0 unspecified atom stereocenters. The number of benzene rings is 1. The van der Waals surface area contributed by atoms with Crippen molar-refractivity contribution in [1.29, 1.82) is 0 Å². The summed E-state index contributed by atoms with van der Waals surface area (Å²) in [5.74, 6) is 0. The van der Waals surface area contributed by atoms with Crippen molar-refractivity contribution in [1.82, 2.24) is 4.98 Å². The molecule has 0 amide bonds. The summed E-state index contributed by atoms with van der Waals surface area (Å²) in [5, 5.41) is 3.41. The second kappa shape index (κ2) is 5.93. The van der Waals surface area contributed by atoms with Crippen molar-refractivity contribution < 1.29 is 0 Å². The standard InChI is InChI=1S/C12H22N2Si/c1-15(2,3)14-11-7-10-13-12-8-5-4-6-9-12/h4-6,8-9,13-14H,7,10-11H2,1-3H3. The van der Waals surface area contributed by atoms with E-state index < -0.39 is 8.24 Å². The van der Waals surface area contributed by atoms with Gasteiger partial charge < -0.3 is 10.3 Å². The second-order valence-electron chi connectivity index (χ2n) is 4.82. The smallest absolute Gasteiger partial charge is 0.116 e. The van der Waals surface area contributed by atoms with Crippen LogP contribution in [0, 0.1) is 0 Å². The normalized spacial score (nSPS) is 11.4. The summed E-state index contributed by atoms with van der Waals surface area (Å²) in [4.78, 5) is 3.61. The fourth-order valence-electron chi connectivity index (χ4n) is 1.34. The van der Waals surface area contributed by atoms with Gasteiger partial charge in [-0.05, 0) is 25.1 Å². The van der Waals surface area contributed by atoms with Gasteiger partial charge in [0.05, 0.1) is 0 Å². The van der Waals surface area contributed by atoms with Gasteiger partial charge in [0, 0.05) is 12.2 Å². The number of hydrogen-bond donors (Lipinski definition) is 2. The van der Waals surface area contributed by atoms with Crippen LogP contribution in [0.2, 0.25) is 19.6 Å². The molecule has 0 bridgehead atoms. The quantitative estimate of drug-likeness (QED) is 0.571. The molecule has 3 heteroatoms. The van der Waals surface area contributed by atoms with Gasteiger partial charge in [0.25, 0.3) is 0 Å². The SMILES string of the molecule is C[Si](C)(C)NCCCNc1ccccc1. The van der Waals surface area contributed by atoms with Crippen LogP contribution in [-0.4, -0.2) is 21.3 Å². The van der Waals surface area contributed by atoms with Gasteiger partial charge in [0.1, 0.15) is 8.24 Å². The number of hydrogen-bond acceptors (Lipinski definition) is 2. The van der Waals surface area contributed by atoms with E-state index in [0.717, 1.165) is 13.1 Å². The molecule has 2 nitrogen and oxygen atoms in total. The second-order valence-corrected chi connectivity index (χ2v) is 9.68. The largest absolute Gasteiger partial charge is 0.385 e. The van der Waals surface area contributed by atoms with Gasteiger partial charge in [0.15, 0.2) is 0 Å². The highest BCUT2D eigenvalue weighted by Gasteiger charge is 2.10. The first-order chi connectivity index (χ1) is 7.08. The summed E-state index contributed by atoms with van der Waals surface area (Å²) < 4.78 is 0. The lowest BCUT2D eigenvalue weighted by molar-refractivity contribution is 0.805. The zero-order valence-electron chi connectivity index (χ0n) is 10.0. The molecule has 0 aliphatic rings. The highest BCUT2D eigenvalue weighted by Crippen LogP contribution is 2.04. The number of anilines is 1. The molecule has 1 rings (SSSR count). The van der Waals surface area contributed by atoms with Crippen LogP contribution in [0.5, 0.6) is 0 Å². The maximum Gasteiger partial charge on any atom is 0.116 e. The van der Waals surface area contributed by atoms with E-state index in [4.69, 9.17) is 0 Å². The number of rotatable bonds is 6. The first-order valence-electron chi connectivity index (χ1n) is 5.62. The highest BCUT2D eigenvalue weighted by molar-refractivity contribution is 6.73. The Morgan fingerprint density at radius 3 is 2.27 bits per heavy atom. The van der Waals surface area contributed by atoms with Gasteiger partial charge in [-0.3, -0.25) is 0 Å². The zero-order valence-corrected chi connectivity index (χ0v) is 11.0. The monoisotopic (exact) mass is 222 g/mol. The molecule has 0 aromatic heterocycles. The lowest BCUT2D eigenvalue weighted by Crippen LogP contribution is -2.42. The number of para-hydroxylation sites is 1. The van der Waals surface area contributed by atoms with Gasteiger partial charge in [-0.1, -0.05) is 37.8 Å². The minimum atomic E-state index is -1.06. The first-order valence-corrected chi connectivity index (χ1v) is 9.12. The summed E-state index contributed by atoms with van der Waals surface area (Å²) in [5.41, 5.74) is 1.21. The Balaban J connectivity index is 2.08. The van der Waals surface area contributed by atoms with Crippen molar-refractivity contribution in [2.75, 3.05) is 18.4 Å². The van der Waals surface area contributed by atoms with Crippen molar-refractivity contribution in [2.45, 2.75) is 26.1 Å². The summed E-state index contributed by atoms with van der Waals surface area (Å²) in [6.07, 6.45) is 1.18. The molecule has 0 aliphatic carbocycles. The Hall–Kier alpha value is -0.803. The zero-order chi connectivity index (χ0) is 11.1. The molecule has 0 aliphatic heterocycles. The topological polar surface area (TPSA) is 24.1 Å². The van der Waals surface area contributed by atoms with E-state index in [2.05, 4.69) is 54.2 Å². The Bertz CT molecular complexity index is 267. The maximum absolute atomic E-state index is 3.61. The predicted molar refractivity (Wildman–Crippen MR) is 70.9 cm³/mol. The van der Waals surface area contributed by atoms with Crippen LogP contribution < -0.4 is 10.3 Å². The van der Waals surface area contributed by atoms with Crippen LogP contribution in [0.1, 0.15) is 6.42 Å². The van der Waals surface area contributed by atoms with Crippen LogP contribution in [0.4, 0.5) is 5.69 Å². The van der Waals surface area contributed by atoms with E-state index in [1.54, 1.807) is 0 Å². The van der Waals surface area contributed by atoms with Gasteiger partial charge in [-0.15, -0.1) is 0 Å². The van der Waals surface area contributed by atoms with Crippen molar-refractivity contribution in [3.63, 3.8) is 0 Å².